The molecule has 1 aliphatic heterocycles. The molecule has 5 nitrogen and oxygen atoms in total. The zero-order chi connectivity index (χ0) is 15.5. The number of fused-ring (bicyclic) bond motifs is 1. The highest BCUT2D eigenvalue weighted by Crippen LogP contribution is 2.24. The predicted octanol–water partition coefficient (Wildman–Crippen LogP) is 3.01. The van der Waals surface area contributed by atoms with Crippen LogP contribution in [0.2, 0.25) is 5.02 Å². The lowest BCUT2D eigenvalue weighted by atomic mass is 10.1. The van der Waals surface area contributed by atoms with Crippen LogP contribution in [0.25, 0.3) is 0 Å². The Balaban J connectivity index is 1.70. The second-order valence-corrected chi connectivity index (χ2v) is 6.11. The molecule has 1 aliphatic rings. The first-order valence-corrected chi connectivity index (χ1v) is 7.96. The third-order valence-corrected chi connectivity index (χ3v) is 4.39. The number of aromatic nitrogens is 3. The van der Waals surface area contributed by atoms with Crippen molar-refractivity contribution in [3.8, 4) is 0 Å². The summed E-state index contributed by atoms with van der Waals surface area (Å²) in [4.78, 5) is 4.60. The molecule has 3 rings (SSSR count). The molecule has 1 N–H and O–H groups in total. The van der Waals surface area contributed by atoms with Gasteiger partial charge >= 0.3 is 0 Å². The van der Waals surface area contributed by atoms with Crippen LogP contribution >= 0.6 is 11.6 Å². The number of aryl methyl sites for hydroxylation is 2. The molecule has 0 amide bonds. The minimum absolute atomic E-state index is 0.229. The van der Waals surface area contributed by atoms with E-state index in [1.54, 1.807) is 7.11 Å². The summed E-state index contributed by atoms with van der Waals surface area (Å²) < 4.78 is 7.12. The number of nitrogens with one attached hydrogen (secondary N) is 1. The average Bonchev–Trinajstić information content (AvgIpc) is 2.92. The fraction of sp³-hybridized carbons (Fsp3) is 0.500. The van der Waals surface area contributed by atoms with Crippen molar-refractivity contribution in [1.29, 1.82) is 0 Å². The summed E-state index contributed by atoms with van der Waals surface area (Å²) in [6, 6.07) is 6.41. The second-order valence-electron chi connectivity index (χ2n) is 5.70. The van der Waals surface area contributed by atoms with Crippen LogP contribution in [0.1, 0.15) is 41.7 Å². The van der Waals surface area contributed by atoms with Gasteiger partial charge in [0.15, 0.2) is 5.82 Å². The van der Waals surface area contributed by atoms with Crippen LogP contribution < -0.4 is 5.32 Å². The molecule has 6 heteroatoms. The maximum atomic E-state index is 6.19. The molecule has 0 fully saturated rings. The number of hydrogen-bond donors (Lipinski definition) is 1. The summed E-state index contributed by atoms with van der Waals surface area (Å²) in [5.41, 5.74) is 2.29. The molecular weight excluding hydrogens is 300 g/mol. The molecule has 0 radical (unpaired) electrons. The van der Waals surface area contributed by atoms with E-state index in [1.807, 2.05) is 17.7 Å². The van der Waals surface area contributed by atoms with Gasteiger partial charge in [0.05, 0.1) is 6.04 Å². The first kappa shape index (κ1) is 15.5. The Morgan fingerprint density at radius 3 is 3.09 bits per heavy atom. The van der Waals surface area contributed by atoms with Crippen molar-refractivity contribution in [2.24, 2.45) is 0 Å². The fourth-order valence-corrected chi connectivity index (χ4v) is 2.97. The highest BCUT2D eigenvalue weighted by atomic mass is 35.5. The third-order valence-electron chi connectivity index (χ3n) is 3.98. The Bertz CT molecular complexity index is 656. The number of halogens is 1. The van der Waals surface area contributed by atoms with E-state index in [1.165, 1.54) is 5.56 Å². The number of nitrogens with zero attached hydrogens (tertiary/aromatic N) is 3. The molecule has 22 heavy (non-hydrogen) atoms. The lowest BCUT2D eigenvalue weighted by Gasteiger charge is -2.23. The molecule has 1 unspecified atom stereocenters. The number of methoxy groups -OCH3 is 1. The minimum Gasteiger partial charge on any atom is -0.377 e. The van der Waals surface area contributed by atoms with Gasteiger partial charge in [-0.1, -0.05) is 23.7 Å². The number of benzene rings is 1. The molecule has 0 saturated heterocycles. The third kappa shape index (κ3) is 3.32. The van der Waals surface area contributed by atoms with E-state index >= 15 is 0 Å². The quantitative estimate of drug-likeness (QED) is 0.920. The molecule has 0 spiro atoms. The maximum Gasteiger partial charge on any atom is 0.176 e. The van der Waals surface area contributed by atoms with Crippen molar-refractivity contribution in [3.63, 3.8) is 0 Å². The van der Waals surface area contributed by atoms with Crippen molar-refractivity contribution in [2.75, 3.05) is 7.11 Å². The van der Waals surface area contributed by atoms with E-state index < -0.39 is 0 Å². The van der Waals surface area contributed by atoms with Crippen LogP contribution in [0.3, 0.4) is 0 Å². The molecule has 2 heterocycles. The van der Waals surface area contributed by atoms with Gasteiger partial charge in [0.25, 0.3) is 0 Å². The van der Waals surface area contributed by atoms with Gasteiger partial charge in [-0.05, 0) is 37.0 Å². The Hall–Kier alpha value is -1.43. The monoisotopic (exact) mass is 320 g/mol. The lowest BCUT2D eigenvalue weighted by Crippen LogP contribution is -2.28. The van der Waals surface area contributed by atoms with Crippen molar-refractivity contribution in [1.82, 2.24) is 20.1 Å². The van der Waals surface area contributed by atoms with E-state index in [2.05, 4.69) is 27.5 Å². The number of rotatable bonds is 5. The SMILES string of the molecule is COCc1nc2n(n1)CCCC2NCc1ccc(C)c(Cl)c1. The lowest BCUT2D eigenvalue weighted by molar-refractivity contribution is 0.177. The topological polar surface area (TPSA) is 52.0 Å². The minimum atomic E-state index is 0.229. The van der Waals surface area contributed by atoms with Gasteiger partial charge in [-0.15, -0.1) is 0 Å². The van der Waals surface area contributed by atoms with Gasteiger partial charge in [-0.25, -0.2) is 9.67 Å². The van der Waals surface area contributed by atoms with Crippen molar-refractivity contribution >= 4 is 11.6 Å². The van der Waals surface area contributed by atoms with Crippen molar-refractivity contribution < 1.29 is 4.74 Å². The van der Waals surface area contributed by atoms with Crippen LogP contribution in [0.15, 0.2) is 18.2 Å². The highest BCUT2D eigenvalue weighted by Gasteiger charge is 2.23. The van der Waals surface area contributed by atoms with Gasteiger partial charge in [0.1, 0.15) is 12.4 Å². The van der Waals surface area contributed by atoms with E-state index in [9.17, 15) is 0 Å². The standard InChI is InChI=1S/C16H21ClN4O/c1-11-5-6-12(8-13(11)17)9-18-14-4-3-7-21-16(14)19-15(20-21)10-22-2/h5-6,8,14,18H,3-4,7,9-10H2,1-2H3. The summed E-state index contributed by atoms with van der Waals surface area (Å²) in [5.74, 6) is 1.76. The van der Waals surface area contributed by atoms with Gasteiger partial charge in [0, 0.05) is 25.2 Å². The van der Waals surface area contributed by atoms with Gasteiger partial charge in [-0.2, -0.15) is 5.10 Å². The second kappa shape index (κ2) is 6.77. The number of hydrogen-bond acceptors (Lipinski definition) is 4. The Labute approximate surface area is 135 Å². The van der Waals surface area contributed by atoms with Gasteiger partial charge in [0.2, 0.25) is 0 Å². The molecule has 2 aromatic rings. The van der Waals surface area contributed by atoms with Crippen LogP contribution in [-0.2, 0) is 24.4 Å². The van der Waals surface area contributed by atoms with Gasteiger partial charge in [-0.3, -0.25) is 0 Å². The maximum absolute atomic E-state index is 6.19. The zero-order valence-electron chi connectivity index (χ0n) is 13.0. The van der Waals surface area contributed by atoms with Crippen LogP contribution in [0.5, 0.6) is 0 Å². The van der Waals surface area contributed by atoms with Crippen LogP contribution in [0, 0.1) is 6.92 Å². The van der Waals surface area contributed by atoms with Gasteiger partial charge < -0.3 is 10.1 Å². The zero-order valence-corrected chi connectivity index (χ0v) is 13.7. The molecule has 0 saturated carbocycles. The fourth-order valence-electron chi connectivity index (χ4n) is 2.77. The summed E-state index contributed by atoms with van der Waals surface area (Å²) in [5, 5.41) is 8.88. The smallest absolute Gasteiger partial charge is 0.176 e. The molecule has 0 bridgehead atoms. The molecule has 1 aromatic heterocycles. The van der Waals surface area contributed by atoms with Crippen LogP contribution in [0.4, 0.5) is 0 Å². The average molecular weight is 321 g/mol. The Morgan fingerprint density at radius 2 is 2.32 bits per heavy atom. The van der Waals surface area contributed by atoms with E-state index in [-0.39, 0.29) is 6.04 Å². The molecule has 0 aliphatic carbocycles. The Morgan fingerprint density at radius 1 is 1.45 bits per heavy atom. The summed E-state index contributed by atoms with van der Waals surface area (Å²) in [6.45, 7) is 4.18. The highest BCUT2D eigenvalue weighted by molar-refractivity contribution is 6.31. The Kier molecular flexibility index (Phi) is 4.76. The summed E-state index contributed by atoms with van der Waals surface area (Å²) in [6.07, 6.45) is 2.18. The largest absolute Gasteiger partial charge is 0.377 e. The molecule has 1 aromatic carbocycles. The van der Waals surface area contributed by atoms with Crippen LogP contribution in [-0.4, -0.2) is 21.9 Å². The van der Waals surface area contributed by atoms with E-state index in [0.717, 1.165) is 48.2 Å². The molecule has 1 atom stereocenters. The molecular formula is C16H21ClN4O. The summed E-state index contributed by atoms with van der Waals surface area (Å²) >= 11 is 6.19. The normalized spacial score (nSPS) is 17.5. The number of ether oxygens (including phenoxy) is 1. The van der Waals surface area contributed by atoms with Crippen molar-refractivity contribution in [3.05, 3.63) is 46.0 Å². The molecule has 118 valence electrons. The summed E-state index contributed by atoms with van der Waals surface area (Å²) in [7, 11) is 1.66. The first-order chi connectivity index (χ1) is 10.7. The van der Waals surface area contributed by atoms with E-state index in [4.69, 9.17) is 16.3 Å². The predicted molar refractivity (Wildman–Crippen MR) is 85.7 cm³/mol. The van der Waals surface area contributed by atoms with Crippen molar-refractivity contribution in [2.45, 2.75) is 45.5 Å². The first-order valence-electron chi connectivity index (χ1n) is 7.58. The van der Waals surface area contributed by atoms with E-state index in [0.29, 0.717) is 6.61 Å².